The molecule has 90 valence electrons. The van der Waals surface area contributed by atoms with Crippen molar-refractivity contribution in [3.05, 3.63) is 48.0 Å². The Kier molecular flexibility index (Phi) is 2.64. The molecular formula is C14H12N2OS. The molecule has 2 aromatic carbocycles. The first kappa shape index (κ1) is 11.0. The Morgan fingerprint density at radius 1 is 0.944 bits per heavy atom. The second-order valence-electron chi connectivity index (χ2n) is 4.04. The van der Waals surface area contributed by atoms with E-state index in [1.807, 2.05) is 42.5 Å². The summed E-state index contributed by atoms with van der Waals surface area (Å²) in [6, 6.07) is 13.8. The van der Waals surface area contributed by atoms with Crippen LogP contribution >= 0.6 is 12.2 Å². The highest BCUT2D eigenvalue weighted by Crippen LogP contribution is 2.34. The molecule has 1 aliphatic rings. The van der Waals surface area contributed by atoms with Gasteiger partial charge in [-0.25, -0.2) is 0 Å². The minimum absolute atomic E-state index is 0.713. The largest absolute Gasteiger partial charge is 0.497 e. The number of benzene rings is 2. The molecule has 0 saturated carbocycles. The molecule has 0 bridgehead atoms. The second kappa shape index (κ2) is 4.31. The summed E-state index contributed by atoms with van der Waals surface area (Å²) in [6.07, 6.45) is 0. The number of hydrogen-bond acceptors (Lipinski definition) is 3. The smallest absolute Gasteiger partial charge is 0.121 e. The molecule has 4 heteroatoms. The topological polar surface area (TPSA) is 33.3 Å². The van der Waals surface area contributed by atoms with Crippen molar-refractivity contribution in [3.63, 3.8) is 0 Å². The maximum absolute atomic E-state index is 5.41. The SMILES string of the molecule is COc1ccc2c(c1)NC(=S)c1ccccc1N2. The van der Waals surface area contributed by atoms with Crippen molar-refractivity contribution in [2.45, 2.75) is 0 Å². The van der Waals surface area contributed by atoms with E-state index in [1.54, 1.807) is 7.11 Å². The quantitative estimate of drug-likeness (QED) is 0.765. The molecule has 0 aromatic heterocycles. The molecule has 0 saturated heterocycles. The zero-order valence-corrected chi connectivity index (χ0v) is 10.7. The fourth-order valence-electron chi connectivity index (χ4n) is 1.99. The Morgan fingerprint density at radius 3 is 2.61 bits per heavy atom. The fraction of sp³-hybridized carbons (Fsp3) is 0.0714. The molecule has 0 fully saturated rings. The Morgan fingerprint density at radius 2 is 1.78 bits per heavy atom. The average Bonchev–Trinajstić information content (AvgIpc) is 2.54. The van der Waals surface area contributed by atoms with Gasteiger partial charge in [-0.3, -0.25) is 0 Å². The predicted octanol–water partition coefficient (Wildman–Crippen LogP) is 3.54. The molecule has 3 nitrogen and oxygen atoms in total. The van der Waals surface area contributed by atoms with Gasteiger partial charge in [0.15, 0.2) is 0 Å². The van der Waals surface area contributed by atoms with Crippen LogP contribution < -0.4 is 15.4 Å². The van der Waals surface area contributed by atoms with Crippen molar-refractivity contribution in [2.24, 2.45) is 0 Å². The van der Waals surface area contributed by atoms with Crippen molar-refractivity contribution in [1.29, 1.82) is 0 Å². The van der Waals surface area contributed by atoms with Gasteiger partial charge in [0.05, 0.1) is 18.5 Å². The van der Waals surface area contributed by atoms with Crippen molar-refractivity contribution in [1.82, 2.24) is 0 Å². The second-order valence-corrected chi connectivity index (χ2v) is 4.44. The summed E-state index contributed by atoms with van der Waals surface area (Å²) in [5.41, 5.74) is 3.93. The molecule has 2 N–H and O–H groups in total. The summed E-state index contributed by atoms with van der Waals surface area (Å²) in [7, 11) is 1.65. The van der Waals surface area contributed by atoms with Crippen LogP contribution in [0, 0.1) is 0 Å². The Bertz CT molecular complexity index is 625. The molecule has 1 aliphatic heterocycles. The maximum Gasteiger partial charge on any atom is 0.121 e. The summed E-state index contributed by atoms with van der Waals surface area (Å²) >= 11 is 5.41. The van der Waals surface area contributed by atoms with E-state index >= 15 is 0 Å². The number of methoxy groups -OCH3 is 1. The molecular weight excluding hydrogens is 244 g/mol. The summed E-state index contributed by atoms with van der Waals surface area (Å²) in [4.78, 5) is 0.713. The normalized spacial score (nSPS) is 12.6. The summed E-state index contributed by atoms with van der Waals surface area (Å²) in [6.45, 7) is 0. The molecule has 0 aliphatic carbocycles. The monoisotopic (exact) mass is 256 g/mol. The van der Waals surface area contributed by atoms with Gasteiger partial charge in [0.2, 0.25) is 0 Å². The van der Waals surface area contributed by atoms with E-state index < -0.39 is 0 Å². The van der Waals surface area contributed by atoms with Crippen molar-refractivity contribution >= 4 is 34.3 Å². The number of para-hydroxylation sites is 1. The van der Waals surface area contributed by atoms with Crippen molar-refractivity contribution < 1.29 is 4.74 Å². The lowest BCUT2D eigenvalue weighted by Gasteiger charge is -2.10. The molecule has 3 rings (SSSR count). The van der Waals surface area contributed by atoms with E-state index in [1.165, 1.54) is 0 Å². The molecule has 0 amide bonds. The highest BCUT2D eigenvalue weighted by Gasteiger charge is 2.15. The third-order valence-electron chi connectivity index (χ3n) is 2.92. The Hall–Kier alpha value is -2.07. The zero-order chi connectivity index (χ0) is 12.5. The van der Waals surface area contributed by atoms with E-state index in [4.69, 9.17) is 17.0 Å². The highest BCUT2D eigenvalue weighted by molar-refractivity contribution is 7.81. The van der Waals surface area contributed by atoms with Crippen molar-refractivity contribution in [2.75, 3.05) is 17.7 Å². The lowest BCUT2D eigenvalue weighted by Crippen LogP contribution is -2.09. The Balaban J connectivity index is 2.12. The van der Waals surface area contributed by atoms with Gasteiger partial charge in [0.1, 0.15) is 10.7 Å². The summed E-state index contributed by atoms with van der Waals surface area (Å²) < 4.78 is 5.22. The highest BCUT2D eigenvalue weighted by atomic mass is 32.1. The van der Waals surface area contributed by atoms with E-state index in [0.29, 0.717) is 4.99 Å². The number of thiocarbonyl (C=S) groups is 1. The van der Waals surface area contributed by atoms with Crippen LogP contribution in [0.3, 0.4) is 0 Å². The molecule has 0 atom stereocenters. The Labute approximate surface area is 111 Å². The molecule has 1 heterocycles. The third-order valence-corrected chi connectivity index (χ3v) is 3.24. The first-order valence-corrected chi connectivity index (χ1v) is 6.04. The zero-order valence-electron chi connectivity index (χ0n) is 9.86. The van der Waals surface area contributed by atoms with Gasteiger partial charge in [-0.1, -0.05) is 24.4 Å². The molecule has 0 unspecified atom stereocenters. The van der Waals surface area contributed by atoms with E-state index in [0.717, 1.165) is 28.4 Å². The van der Waals surface area contributed by atoms with Crippen LogP contribution in [-0.4, -0.2) is 12.1 Å². The van der Waals surface area contributed by atoms with E-state index in [2.05, 4.69) is 10.6 Å². The first-order valence-electron chi connectivity index (χ1n) is 5.63. The van der Waals surface area contributed by atoms with E-state index in [-0.39, 0.29) is 0 Å². The van der Waals surface area contributed by atoms with Crippen molar-refractivity contribution in [3.8, 4) is 5.75 Å². The van der Waals surface area contributed by atoms with Crippen LogP contribution in [0.4, 0.5) is 17.1 Å². The number of nitrogens with one attached hydrogen (secondary N) is 2. The molecule has 0 radical (unpaired) electrons. The summed E-state index contributed by atoms with van der Waals surface area (Å²) in [5, 5.41) is 6.62. The van der Waals surface area contributed by atoms with Gasteiger partial charge in [-0.15, -0.1) is 0 Å². The van der Waals surface area contributed by atoms with Crippen LogP contribution in [-0.2, 0) is 0 Å². The van der Waals surface area contributed by atoms with Gasteiger partial charge in [0.25, 0.3) is 0 Å². The van der Waals surface area contributed by atoms with Crippen LogP contribution in [0.2, 0.25) is 0 Å². The van der Waals surface area contributed by atoms with E-state index in [9.17, 15) is 0 Å². The molecule has 2 aromatic rings. The minimum Gasteiger partial charge on any atom is -0.497 e. The van der Waals surface area contributed by atoms with Gasteiger partial charge in [-0.2, -0.15) is 0 Å². The number of anilines is 3. The van der Waals surface area contributed by atoms with Gasteiger partial charge >= 0.3 is 0 Å². The molecule has 0 spiro atoms. The van der Waals surface area contributed by atoms with Crippen LogP contribution in [0.25, 0.3) is 0 Å². The number of hydrogen-bond donors (Lipinski definition) is 2. The predicted molar refractivity (Wildman–Crippen MR) is 78.0 cm³/mol. The average molecular weight is 256 g/mol. The standard InChI is InChI=1S/C14H12N2OS/c1-17-9-6-7-12-13(8-9)16-14(18)10-4-2-3-5-11(10)15-12/h2-8,15H,1H3,(H,16,18). The fourth-order valence-corrected chi connectivity index (χ4v) is 2.28. The van der Waals surface area contributed by atoms with Gasteiger partial charge < -0.3 is 15.4 Å². The van der Waals surface area contributed by atoms with Crippen LogP contribution in [0.15, 0.2) is 42.5 Å². The maximum atomic E-state index is 5.41. The number of ether oxygens (including phenoxy) is 1. The van der Waals surface area contributed by atoms with Crippen LogP contribution in [0.1, 0.15) is 5.56 Å². The number of fused-ring (bicyclic) bond motifs is 2. The first-order chi connectivity index (χ1) is 8.78. The molecule has 18 heavy (non-hydrogen) atoms. The number of rotatable bonds is 1. The summed E-state index contributed by atoms with van der Waals surface area (Å²) in [5.74, 6) is 0.803. The van der Waals surface area contributed by atoms with Crippen LogP contribution in [0.5, 0.6) is 5.75 Å². The van der Waals surface area contributed by atoms with Gasteiger partial charge in [0, 0.05) is 17.3 Å². The minimum atomic E-state index is 0.713. The third kappa shape index (κ3) is 1.80. The van der Waals surface area contributed by atoms with Gasteiger partial charge in [-0.05, 0) is 24.3 Å². The lowest BCUT2D eigenvalue weighted by molar-refractivity contribution is 0.415. The lowest BCUT2D eigenvalue weighted by atomic mass is 10.2.